The van der Waals surface area contributed by atoms with E-state index in [9.17, 15) is 9.90 Å². The lowest BCUT2D eigenvalue weighted by Gasteiger charge is -2.21. The number of carbonyl (C=O) groups is 1. The van der Waals surface area contributed by atoms with Crippen LogP contribution in [0.1, 0.15) is 16.7 Å². The van der Waals surface area contributed by atoms with Crippen molar-refractivity contribution >= 4 is 22.8 Å². The number of ketones is 1. The van der Waals surface area contributed by atoms with Crippen molar-refractivity contribution in [2.75, 3.05) is 19.7 Å². The number of aliphatic hydroxyl groups is 1. The maximum atomic E-state index is 11.0. The van der Waals surface area contributed by atoms with E-state index in [2.05, 4.69) is 28.2 Å². The van der Waals surface area contributed by atoms with E-state index in [1.807, 2.05) is 36.4 Å². The van der Waals surface area contributed by atoms with E-state index in [0.29, 0.717) is 6.54 Å². The third kappa shape index (κ3) is 5.17. The molecular weight excluding hydrogens is 350 g/mol. The number of aromatic amines is 1. The van der Waals surface area contributed by atoms with Crippen molar-refractivity contribution in [2.45, 2.75) is 13.0 Å². The molecule has 0 unspecified atom stereocenters. The zero-order chi connectivity index (χ0) is 19.8. The molecule has 3 aromatic rings. The average molecular weight is 373 g/mol. The van der Waals surface area contributed by atoms with E-state index >= 15 is 0 Å². The number of nitrogens with zero attached hydrogens (tertiary/aromatic N) is 2. The van der Waals surface area contributed by atoms with E-state index in [1.165, 1.54) is 17.0 Å². The molecule has 0 fully saturated rings. The largest absolute Gasteiger partial charge is 0.395 e. The molecule has 28 heavy (non-hydrogen) atoms. The van der Waals surface area contributed by atoms with Gasteiger partial charge in [0.1, 0.15) is 6.07 Å². The third-order valence-corrected chi connectivity index (χ3v) is 4.71. The number of allylic oxidation sites excluding steroid dienone is 1. The van der Waals surface area contributed by atoms with E-state index in [0.717, 1.165) is 36.2 Å². The summed E-state index contributed by atoms with van der Waals surface area (Å²) in [5.41, 5.74) is 4.43. The molecule has 142 valence electrons. The lowest BCUT2D eigenvalue weighted by Crippen LogP contribution is -2.28. The minimum Gasteiger partial charge on any atom is -0.395 e. The standard InChI is InChI=1S/C23H23N3O2/c24-15-21(28)10-9-18-5-7-19(8-6-18)17-26(13-14-27)12-11-20-16-25-23-4-2-1-3-22(20)23/h1-10,16,25,27H,11-14,17H2/b10-9+. The molecular formula is C23H23N3O2. The minimum absolute atomic E-state index is 0.116. The van der Waals surface area contributed by atoms with Crippen LogP contribution in [0.25, 0.3) is 17.0 Å². The fourth-order valence-electron chi connectivity index (χ4n) is 3.23. The number of hydrogen-bond acceptors (Lipinski definition) is 4. The maximum Gasteiger partial charge on any atom is 0.255 e. The van der Waals surface area contributed by atoms with Crippen molar-refractivity contribution in [3.8, 4) is 6.07 Å². The second-order valence-electron chi connectivity index (χ2n) is 6.66. The number of aliphatic hydroxyl groups excluding tert-OH is 1. The predicted molar refractivity (Wildman–Crippen MR) is 110 cm³/mol. The molecule has 0 spiro atoms. The predicted octanol–water partition coefficient (Wildman–Crippen LogP) is 3.31. The molecule has 0 amide bonds. The van der Waals surface area contributed by atoms with Gasteiger partial charge >= 0.3 is 0 Å². The summed E-state index contributed by atoms with van der Waals surface area (Å²) in [7, 11) is 0. The molecule has 0 aliphatic carbocycles. The van der Waals surface area contributed by atoms with Gasteiger partial charge in [0.15, 0.2) is 0 Å². The SMILES string of the molecule is N#CC(=O)/C=C/c1ccc(CN(CCO)CCc2c[nH]c3ccccc23)cc1. The number of aromatic nitrogens is 1. The van der Waals surface area contributed by atoms with Crippen LogP contribution in [0, 0.1) is 11.3 Å². The molecule has 2 aromatic carbocycles. The van der Waals surface area contributed by atoms with Crippen LogP contribution >= 0.6 is 0 Å². The van der Waals surface area contributed by atoms with Gasteiger partial charge in [-0.1, -0.05) is 48.5 Å². The van der Waals surface area contributed by atoms with Gasteiger partial charge in [-0.05, 0) is 35.3 Å². The Hall–Kier alpha value is -3.20. The number of nitrogens with one attached hydrogen (secondary N) is 1. The van der Waals surface area contributed by atoms with Crippen LogP contribution in [0.4, 0.5) is 0 Å². The highest BCUT2D eigenvalue weighted by Gasteiger charge is 2.09. The third-order valence-electron chi connectivity index (χ3n) is 4.71. The van der Waals surface area contributed by atoms with E-state index in [-0.39, 0.29) is 6.61 Å². The Morgan fingerprint density at radius 1 is 1.14 bits per heavy atom. The number of carbonyl (C=O) groups excluding carboxylic acids is 1. The van der Waals surface area contributed by atoms with Crippen molar-refractivity contribution in [3.05, 3.63) is 77.5 Å². The number of H-pyrrole nitrogens is 1. The van der Waals surface area contributed by atoms with Crippen molar-refractivity contribution in [1.82, 2.24) is 9.88 Å². The summed E-state index contributed by atoms with van der Waals surface area (Å²) in [5.74, 6) is -0.560. The summed E-state index contributed by atoms with van der Waals surface area (Å²) in [6.07, 6.45) is 5.87. The van der Waals surface area contributed by atoms with Crippen LogP contribution in [-0.2, 0) is 17.8 Å². The average Bonchev–Trinajstić information content (AvgIpc) is 3.14. The molecule has 0 saturated heterocycles. The van der Waals surface area contributed by atoms with E-state index in [4.69, 9.17) is 5.26 Å². The Balaban J connectivity index is 1.62. The summed E-state index contributed by atoms with van der Waals surface area (Å²) in [6.45, 7) is 2.32. The number of para-hydroxylation sites is 1. The Bertz CT molecular complexity index is 997. The van der Waals surface area contributed by atoms with Crippen LogP contribution in [0.5, 0.6) is 0 Å². The van der Waals surface area contributed by atoms with Gasteiger partial charge in [-0.3, -0.25) is 9.69 Å². The topological polar surface area (TPSA) is 80.1 Å². The first kappa shape index (κ1) is 19.6. The highest BCUT2D eigenvalue weighted by molar-refractivity contribution is 6.04. The summed E-state index contributed by atoms with van der Waals surface area (Å²) in [6, 6.07) is 17.7. The van der Waals surface area contributed by atoms with Gasteiger partial charge in [0.05, 0.1) is 6.61 Å². The molecule has 0 radical (unpaired) electrons. The highest BCUT2D eigenvalue weighted by Crippen LogP contribution is 2.18. The summed E-state index contributed by atoms with van der Waals surface area (Å²) in [4.78, 5) is 16.6. The Labute approximate surface area is 164 Å². The molecule has 5 heteroatoms. The van der Waals surface area contributed by atoms with Gasteiger partial charge in [0, 0.05) is 36.7 Å². The lowest BCUT2D eigenvalue weighted by molar-refractivity contribution is -0.109. The Morgan fingerprint density at radius 3 is 2.68 bits per heavy atom. The molecule has 3 rings (SSSR count). The van der Waals surface area contributed by atoms with Crippen LogP contribution in [-0.4, -0.2) is 40.5 Å². The van der Waals surface area contributed by atoms with Crippen LogP contribution < -0.4 is 0 Å². The fraction of sp³-hybridized carbons (Fsp3) is 0.217. The second-order valence-corrected chi connectivity index (χ2v) is 6.66. The van der Waals surface area contributed by atoms with Crippen molar-refractivity contribution in [2.24, 2.45) is 0 Å². The van der Waals surface area contributed by atoms with Crippen LogP contribution in [0.2, 0.25) is 0 Å². The smallest absolute Gasteiger partial charge is 0.255 e. The zero-order valence-corrected chi connectivity index (χ0v) is 15.6. The molecule has 0 bridgehead atoms. The molecule has 5 nitrogen and oxygen atoms in total. The Kier molecular flexibility index (Phi) is 6.74. The van der Waals surface area contributed by atoms with Crippen molar-refractivity contribution in [3.63, 3.8) is 0 Å². The molecule has 1 heterocycles. The first-order valence-corrected chi connectivity index (χ1v) is 9.29. The van der Waals surface area contributed by atoms with E-state index in [1.54, 1.807) is 12.1 Å². The van der Waals surface area contributed by atoms with Crippen molar-refractivity contribution < 1.29 is 9.90 Å². The number of rotatable bonds is 9. The van der Waals surface area contributed by atoms with Crippen LogP contribution in [0.3, 0.4) is 0 Å². The fourth-order valence-corrected chi connectivity index (χ4v) is 3.23. The van der Waals surface area contributed by atoms with Gasteiger partial charge in [0.25, 0.3) is 5.78 Å². The quantitative estimate of drug-likeness (QED) is 0.445. The number of fused-ring (bicyclic) bond motifs is 1. The number of hydrogen-bond donors (Lipinski definition) is 2. The maximum absolute atomic E-state index is 11.0. The first-order valence-electron chi connectivity index (χ1n) is 9.29. The monoisotopic (exact) mass is 373 g/mol. The number of nitriles is 1. The summed E-state index contributed by atoms with van der Waals surface area (Å²) in [5, 5.41) is 19.2. The molecule has 2 N–H and O–H groups in total. The number of benzene rings is 2. The lowest BCUT2D eigenvalue weighted by atomic mass is 10.1. The minimum atomic E-state index is -0.560. The van der Waals surface area contributed by atoms with Gasteiger partial charge in [0.2, 0.25) is 0 Å². The molecule has 1 aromatic heterocycles. The first-order chi connectivity index (χ1) is 13.7. The molecule has 0 aliphatic rings. The molecule has 0 saturated carbocycles. The molecule has 0 aliphatic heterocycles. The van der Waals surface area contributed by atoms with Gasteiger partial charge in [-0.25, -0.2) is 0 Å². The van der Waals surface area contributed by atoms with Crippen molar-refractivity contribution in [1.29, 1.82) is 5.26 Å². The summed E-state index contributed by atoms with van der Waals surface area (Å²) >= 11 is 0. The Morgan fingerprint density at radius 2 is 1.93 bits per heavy atom. The molecule has 0 atom stereocenters. The highest BCUT2D eigenvalue weighted by atomic mass is 16.3. The van der Waals surface area contributed by atoms with Crippen LogP contribution in [0.15, 0.2) is 60.8 Å². The summed E-state index contributed by atoms with van der Waals surface area (Å²) < 4.78 is 0. The normalized spacial score (nSPS) is 11.3. The van der Waals surface area contributed by atoms with Gasteiger partial charge in [-0.2, -0.15) is 5.26 Å². The van der Waals surface area contributed by atoms with E-state index < -0.39 is 5.78 Å². The zero-order valence-electron chi connectivity index (χ0n) is 15.6. The van der Waals surface area contributed by atoms with Gasteiger partial charge in [-0.15, -0.1) is 0 Å². The second kappa shape index (κ2) is 9.65. The van der Waals surface area contributed by atoms with Gasteiger partial charge < -0.3 is 10.1 Å².